The molecule has 0 unspecified atom stereocenters. The molecule has 2 rings (SSSR count). The fourth-order valence-electron chi connectivity index (χ4n) is 1.72. The topological polar surface area (TPSA) is 41.1 Å². The normalized spacial score (nSPS) is 10.1. The molecule has 0 spiro atoms. The van der Waals surface area contributed by atoms with E-state index in [9.17, 15) is 4.79 Å². The van der Waals surface area contributed by atoms with Crippen molar-refractivity contribution >= 4 is 35.9 Å². The summed E-state index contributed by atoms with van der Waals surface area (Å²) in [5.74, 6) is 0. The van der Waals surface area contributed by atoms with E-state index in [4.69, 9.17) is 11.6 Å². The smallest absolute Gasteiger partial charge is 0.319 e. The lowest BCUT2D eigenvalue weighted by Crippen LogP contribution is -2.30. The Bertz CT molecular complexity index is 587. The lowest BCUT2D eigenvalue weighted by Gasteiger charge is -2.09. The molecule has 0 saturated carbocycles. The van der Waals surface area contributed by atoms with Crippen LogP contribution in [0.15, 0.2) is 53.4 Å². The first-order valence-electron chi connectivity index (χ1n) is 6.22. The van der Waals surface area contributed by atoms with Gasteiger partial charge >= 0.3 is 6.03 Å². The minimum Gasteiger partial charge on any atom is -0.338 e. The Labute approximate surface area is 128 Å². The van der Waals surface area contributed by atoms with Gasteiger partial charge in [0.1, 0.15) is 0 Å². The Hall–Kier alpha value is -1.65. The second-order valence-electron chi connectivity index (χ2n) is 4.27. The van der Waals surface area contributed by atoms with E-state index in [1.54, 1.807) is 6.07 Å². The molecular formula is C15H15ClN2OS. The first-order valence-corrected chi connectivity index (χ1v) is 7.05. The first kappa shape index (κ1) is 14.8. The summed E-state index contributed by atoms with van der Waals surface area (Å²) in [5.41, 5.74) is 1.82. The molecule has 0 aliphatic rings. The molecule has 2 amide bonds. The van der Waals surface area contributed by atoms with Crippen molar-refractivity contribution in [1.82, 2.24) is 5.32 Å². The van der Waals surface area contributed by atoms with Crippen LogP contribution in [0.5, 0.6) is 0 Å². The summed E-state index contributed by atoms with van der Waals surface area (Å²) in [7, 11) is 0. The minimum absolute atomic E-state index is 0.236. The zero-order chi connectivity index (χ0) is 14.4. The predicted octanol–water partition coefficient (Wildman–Crippen LogP) is 3.99. The first-order chi connectivity index (χ1) is 9.65. The predicted molar refractivity (Wildman–Crippen MR) is 85.9 cm³/mol. The van der Waals surface area contributed by atoms with Crippen molar-refractivity contribution in [2.45, 2.75) is 11.3 Å². The molecule has 2 aromatic carbocycles. The SMILES string of the molecule is O=C(NCCc1ccc(Cl)cc1)Nc1ccccc1S. The van der Waals surface area contributed by atoms with Crippen molar-refractivity contribution in [3.05, 3.63) is 59.1 Å². The summed E-state index contributed by atoms with van der Waals surface area (Å²) < 4.78 is 0. The molecule has 5 heteroatoms. The van der Waals surface area contributed by atoms with Gasteiger partial charge in [-0.3, -0.25) is 0 Å². The van der Waals surface area contributed by atoms with Crippen LogP contribution in [0, 0.1) is 0 Å². The van der Waals surface area contributed by atoms with Crippen molar-refractivity contribution in [1.29, 1.82) is 0 Å². The molecule has 3 nitrogen and oxygen atoms in total. The quantitative estimate of drug-likeness (QED) is 0.734. The number of para-hydroxylation sites is 1. The number of carbonyl (C=O) groups is 1. The van der Waals surface area contributed by atoms with Gasteiger partial charge in [0.2, 0.25) is 0 Å². The van der Waals surface area contributed by atoms with Crippen LogP contribution in [0.1, 0.15) is 5.56 Å². The molecule has 0 bridgehead atoms. The lowest BCUT2D eigenvalue weighted by atomic mass is 10.1. The van der Waals surface area contributed by atoms with E-state index in [0.29, 0.717) is 17.3 Å². The molecule has 104 valence electrons. The van der Waals surface area contributed by atoms with Crippen LogP contribution in [0.3, 0.4) is 0 Å². The molecule has 2 N–H and O–H groups in total. The molecule has 2 aromatic rings. The van der Waals surface area contributed by atoms with Crippen LogP contribution in [0.4, 0.5) is 10.5 Å². The van der Waals surface area contributed by atoms with Gasteiger partial charge in [-0.2, -0.15) is 0 Å². The second kappa shape index (κ2) is 7.22. The highest BCUT2D eigenvalue weighted by atomic mass is 35.5. The van der Waals surface area contributed by atoms with Gasteiger partial charge in [-0.15, -0.1) is 12.6 Å². The third kappa shape index (κ3) is 4.47. The highest BCUT2D eigenvalue weighted by molar-refractivity contribution is 7.80. The third-order valence-electron chi connectivity index (χ3n) is 2.76. The van der Waals surface area contributed by atoms with Crippen LogP contribution in [-0.2, 0) is 6.42 Å². The Kier molecular flexibility index (Phi) is 5.32. The Morgan fingerprint density at radius 1 is 1.10 bits per heavy atom. The lowest BCUT2D eigenvalue weighted by molar-refractivity contribution is 0.252. The highest BCUT2D eigenvalue weighted by Crippen LogP contribution is 2.18. The number of hydrogen-bond donors (Lipinski definition) is 3. The van der Waals surface area contributed by atoms with E-state index < -0.39 is 0 Å². The van der Waals surface area contributed by atoms with Gasteiger partial charge in [0, 0.05) is 16.5 Å². The number of nitrogens with one attached hydrogen (secondary N) is 2. The van der Waals surface area contributed by atoms with E-state index in [1.165, 1.54) is 0 Å². The fourth-order valence-corrected chi connectivity index (χ4v) is 2.06. The number of urea groups is 1. The maximum atomic E-state index is 11.7. The van der Waals surface area contributed by atoms with Gasteiger partial charge in [0.15, 0.2) is 0 Å². The number of thiol groups is 1. The monoisotopic (exact) mass is 306 g/mol. The van der Waals surface area contributed by atoms with Crippen LogP contribution in [-0.4, -0.2) is 12.6 Å². The Balaban J connectivity index is 1.78. The van der Waals surface area contributed by atoms with E-state index in [2.05, 4.69) is 23.3 Å². The van der Waals surface area contributed by atoms with E-state index in [-0.39, 0.29) is 6.03 Å². The van der Waals surface area contributed by atoms with Crippen molar-refractivity contribution < 1.29 is 4.79 Å². The van der Waals surface area contributed by atoms with Gasteiger partial charge in [0.25, 0.3) is 0 Å². The summed E-state index contributed by atoms with van der Waals surface area (Å²) in [6, 6.07) is 14.7. The maximum absolute atomic E-state index is 11.7. The summed E-state index contributed by atoms with van der Waals surface area (Å²) in [6.45, 7) is 0.558. The van der Waals surface area contributed by atoms with Gasteiger partial charge in [-0.05, 0) is 36.2 Å². The zero-order valence-electron chi connectivity index (χ0n) is 10.8. The number of carbonyl (C=O) groups excluding carboxylic acids is 1. The molecule has 0 aliphatic heterocycles. The fraction of sp³-hybridized carbons (Fsp3) is 0.133. The maximum Gasteiger partial charge on any atom is 0.319 e. The zero-order valence-corrected chi connectivity index (χ0v) is 12.4. The summed E-state index contributed by atoms with van der Waals surface area (Å²) in [4.78, 5) is 12.5. The number of rotatable bonds is 4. The summed E-state index contributed by atoms with van der Waals surface area (Å²) in [5, 5.41) is 6.28. The van der Waals surface area contributed by atoms with E-state index in [1.807, 2.05) is 42.5 Å². The van der Waals surface area contributed by atoms with Gasteiger partial charge in [-0.1, -0.05) is 35.9 Å². The Morgan fingerprint density at radius 2 is 1.80 bits per heavy atom. The number of anilines is 1. The van der Waals surface area contributed by atoms with Crippen LogP contribution in [0.25, 0.3) is 0 Å². The van der Waals surface area contributed by atoms with Crippen molar-refractivity contribution in [3.63, 3.8) is 0 Å². The summed E-state index contributed by atoms with van der Waals surface area (Å²) in [6.07, 6.45) is 0.757. The molecule has 0 saturated heterocycles. The molecule has 0 aromatic heterocycles. The number of hydrogen-bond acceptors (Lipinski definition) is 2. The minimum atomic E-state index is -0.236. The molecule has 0 heterocycles. The number of benzene rings is 2. The molecule has 20 heavy (non-hydrogen) atoms. The highest BCUT2D eigenvalue weighted by Gasteiger charge is 2.03. The number of halogens is 1. The van der Waals surface area contributed by atoms with Gasteiger partial charge in [0.05, 0.1) is 5.69 Å². The average Bonchev–Trinajstić information content (AvgIpc) is 2.44. The third-order valence-corrected chi connectivity index (χ3v) is 3.41. The van der Waals surface area contributed by atoms with E-state index >= 15 is 0 Å². The van der Waals surface area contributed by atoms with Crippen molar-refractivity contribution in [3.8, 4) is 0 Å². The Morgan fingerprint density at radius 3 is 2.50 bits per heavy atom. The van der Waals surface area contributed by atoms with Crippen LogP contribution < -0.4 is 10.6 Å². The van der Waals surface area contributed by atoms with Crippen LogP contribution in [0.2, 0.25) is 5.02 Å². The van der Waals surface area contributed by atoms with Crippen LogP contribution >= 0.6 is 24.2 Å². The van der Waals surface area contributed by atoms with Crippen molar-refractivity contribution in [2.24, 2.45) is 0 Å². The standard InChI is InChI=1S/C15H15ClN2OS/c16-12-7-5-11(6-8-12)9-10-17-15(19)18-13-3-1-2-4-14(13)20/h1-8,20H,9-10H2,(H2,17,18,19). The average molecular weight is 307 g/mol. The molecule has 0 fully saturated rings. The van der Waals surface area contributed by atoms with Gasteiger partial charge in [-0.25, -0.2) is 4.79 Å². The van der Waals surface area contributed by atoms with Crippen molar-refractivity contribution in [2.75, 3.05) is 11.9 Å². The summed E-state index contributed by atoms with van der Waals surface area (Å²) >= 11 is 10.1. The molecule has 0 aliphatic carbocycles. The second-order valence-corrected chi connectivity index (χ2v) is 5.19. The molecular weight excluding hydrogens is 292 g/mol. The largest absolute Gasteiger partial charge is 0.338 e. The number of amides is 2. The van der Waals surface area contributed by atoms with Gasteiger partial charge < -0.3 is 10.6 Å². The van der Waals surface area contributed by atoms with E-state index in [0.717, 1.165) is 16.9 Å². The molecule has 0 radical (unpaired) electrons. The molecule has 0 atom stereocenters.